The van der Waals surface area contributed by atoms with Crippen LogP contribution in [0.2, 0.25) is 0 Å². The molecule has 0 fully saturated rings. The van der Waals surface area contributed by atoms with E-state index in [4.69, 9.17) is 13.9 Å². The molecule has 0 radical (unpaired) electrons. The van der Waals surface area contributed by atoms with Crippen LogP contribution in [0.1, 0.15) is 23.2 Å². The minimum atomic E-state index is -0.262. The highest BCUT2D eigenvalue weighted by Crippen LogP contribution is 2.31. The fourth-order valence-electron chi connectivity index (χ4n) is 2.97. The van der Waals surface area contributed by atoms with Crippen molar-refractivity contribution in [2.24, 2.45) is 0 Å². The summed E-state index contributed by atoms with van der Waals surface area (Å²) in [5, 5.41) is 8.10. The maximum Gasteiger partial charge on any atom is 0.277 e. The van der Waals surface area contributed by atoms with Gasteiger partial charge in [0.2, 0.25) is 0 Å². The highest BCUT2D eigenvalue weighted by atomic mass is 16.6. The van der Waals surface area contributed by atoms with E-state index in [-0.39, 0.29) is 24.2 Å². The number of nitrogens with zero attached hydrogens (tertiary/aromatic N) is 4. The Kier molecular flexibility index (Phi) is 5.47. The molecule has 8 heteroatoms. The standard InChI is InChI=1S/C21H20N4O4/c1-2-3-10-24(12-16-7-6-11-27-16)21(26)18-14-25(23-22-18)13-17-15-28-19-8-4-5-9-20(19)29-17/h4-9,11,14,17H,10,12-13,15H2,1H3/t17-/m0/s1. The monoisotopic (exact) mass is 392 g/mol. The molecule has 0 aliphatic carbocycles. The smallest absolute Gasteiger partial charge is 0.277 e. The summed E-state index contributed by atoms with van der Waals surface area (Å²) in [7, 11) is 0. The van der Waals surface area contributed by atoms with Gasteiger partial charge in [-0.15, -0.1) is 11.0 Å². The van der Waals surface area contributed by atoms with Crippen LogP contribution in [0.5, 0.6) is 11.5 Å². The molecule has 0 unspecified atom stereocenters. The summed E-state index contributed by atoms with van der Waals surface area (Å²) in [6, 6.07) is 11.1. The second-order valence-electron chi connectivity index (χ2n) is 6.49. The highest BCUT2D eigenvalue weighted by molar-refractivity contribution is 5.92. The Balaban J connectivity index is 1.43. The molecule has 8 nitrogen and oxygen atoms in total. The van der Waals surface area contributed by atoms with Gasteiger partial charge in [-0.05, 0) is 31.2 Å². The summed E-state index contributed by atoms with van der Waals surface area (Å²) in [5.74, 6) is 7.56. The number of furan rings is 1. The number of ether oxygens (including phenoxy) is 2. The number of carbonyl (C=O) groups excluding carboxylic acids is 1. The van der Waals surface area contributed by atoms with Crippen LogP contribution in [0.3, 0.4) is 0 Å². The summed E-state index contributed by atoms with van der Waals surface area (Å²) >= 11 is 0. The van der Waals surface area contributed by atoms with Gasteiger partial charge in [-0.3, -0.25) is 4.79 Å². The summed E-state index contributed by atoms with van der Waals surface area (Å²) in [4.78, 5) is 14.5. The number of para-hydroxylation sites is 2. The predicted octanol–water partition coefficient (Wildman–Crippen LogP) is 2.38. The number of amides is 1. The Hall–Kier alpha value is -3.73. The molecule has 148 valence electrons. The summed E-state index contributed by atoms with van der Waals surface area (Å²) in [5.41, 5.74) is 0.242. The topological polar surface area (TPSA) is 82.6 Å². The third kappa shape index (κ3) is 4.41. The van der Waals surface area contributed by atoms with E-state index in [1.54, 1.807) is 35.0 Å². The third-order valence-corrected chi connectivity index (χ3v) is 4.38. The van der Waals surface area contributed by atoms with Gasteiger partial charge in [-0.2, -0.15) is 0 Å². The molecule has 0 saturated heterocycles. The molecule has 1 aromatic carbocycles. The van der Waals surface area contributed by atoms with E-state index in [0.29, 0.717) is 31.2 Å². The van der Waals surface area contributed by atoms with E-state index in [9.17, 15) is 4.79 Å². The fourth-order valence-corrected chi connectivity index (χ4v) is 2.97. The van der Waals surface area contributed by atoms with Gasteiger partial charge in [0.05, 0.1) is 32.1 Å². The lowest BCUT2D eigenvalue weighted by molar-refractivity contribution is 0.0743. The van der Waals surface area contributed by atoms with E-state index >= 15 is 0 Å². The normalized spacial score (nSPS) is 14.7. The van der Waals surface area contributed by atoms with Crippen LogP contribution in [-0.4, -0.2) is 45.1 Å². The largest absolute Gasteiger partial charge is 0.486 e. The molecule has 4 rings (SSSR count). The van der Waals surface area contributed by atoms with Gasteiger partial charge in [0.15, 0.2) is 23.3 Å². The first kappa shape index (κ1) is 18.6. The first-order valence-corrected chi connectivity index (χ1v) is 9.23. The molecule has 1 aliphatic heterocycles. The molecule has 2 aromatic heterocycles. The molecular weight excluding hydrogens is 372 g/mol. The Morgan fingerprint density at radius 1 is 1.28 bits per heavy atom. The molecule has 1 aliphatic rings. The van der Waals surface area contributed by atoms with Gasteiger partial charge in [0.1, 0.15) is 12.4 Å². The minimum Gasteiger partial charge on any atom is -0.486 e. The van der Waals surface area contributed by atoms with Crippen molar-refractivity contribution in [1.29, 1.82) is 0 Å². The van der Waals surface area contributed by atoms with Gasteiger partial charge >= 0.3 is 0 Å². The van der Waals surface area contributed by atoms with Crippen LogP contribution in [-0.2, 0) is 13.1 Å². The maximum atomic E-state index is 12.9. The SMILES string of the molecule is CC#CCN(Cc1ccco1)C(=O)c1cn(C[C@H]2COc3ccccc3O2)nn1. The van der Waals surface area contributed by atoms with E-state index in [0.717, 1.165) is 5.75 Å². The fraction of sp³-hybridized carbons (Fsp3) is 0.286. The van der Waals surface area contributed by atoms with Crippen molar-refractivity contribution in [3.05, 3.63) is 60.3 Å². The lowest BCUT2D eigenvalue weighted by Crippen LogP contribution is -2.33. The third-order valence-electron chi connectivity index (χ3n) is 4.38. The van der Waals surface area contributed by atoms with Crippen molar-refractivity contribution in [2.45, 2.75) is 26.1 Å². The number of aromatic nitrogens is 3. The lowest BCUT2D eigenvalue weighted by Gasteiger charge is -2.26. The summed E-state index contributed by atoms with van der Waals surface area (Å²) in [6.45, 7) is 3.14. The summed E-state index contributed by atoms with van der Waals surface area (Å²) < 4.78 is 18.6. The average Bonchev–Trinajstić information content (AvgIpc) is 3.43. The molecule has 29 heavy (non-hydrogen) atoms. The molecule has 3 aromatic rings. The molecule has 0 saturated carbocycles. The number of rotatable bonds is 6. The van der Waals surface area contributed by atoms with Crippen molar-refractivity contribution in [3.8, 4) is 23.3 Å². The zero-order chi connectivity index (χ0) is 20.1. The molecular formula is C21H20N4O4. The van der Waals surface area contributed by atoms with Gasteiger partial charge in [-0.1, -0.05) is 23.3 Å². The lowest BCUT2D eigenvalue weighted by atomic mass is 10.2. The van der Waals surface area contributed by atoms with E-state index < -0.39 is 0 Å². The Morgan fingerprint density at radius 3 is 2.93 bits per heavy atom. The van der Waals surface area contributed by atoms with Crippen LogP contribution < -0.4 is 9.47 Å². The zero-order valence-electron chi connectivity index (χ0n) is 15.9. The van der Waals surface area contributed by atoms with E-state index in [1.165, 1.54) is 0 Å². The number of carbonyl (C=O) groups is 1. The van der Waals surface area contributed by atoms with Crippen LogP contribution in [0, 0.1) is 11.8 Å². The second kappa shape index (κ2) is 8.52. The van der Waals surface area contributed by atoms with Crippen LogP contribution in [0.15, 0.2) is 53.3 Å². The highest BCUT2D eigenvalue weighted by Gasteiger charge is 2.24. The average molecular weight is 392 g/mol. The summed E-state index contributed by atoms with van der Waals surface area (Å²) in [6.07, 6.45) is 2.96. The van der Waals surface area contributed by atoms with Gasteiger partial charge in [0.25, 0.3) is 5.91 Å². The molecule has 3 heterocycles. The number of hydrogen-bond acceptors (Lipinski definition) is 6. The van der Waals surface area contributed by atoms with Crippen LogP contribution in [0.4, 0.5) is 0 Å². The molecule has 1 amide bonds. The van der Waals surface area contributed by atoms with Crippen molar-refractivity contribution in [2.75, 3.05) is 13.2 Å². The van der Waals surface area contributed by atoms with Crippen LogP contribution in [0.25, 0.3) is 0 Å². The molecule has 0 spiro atoms. The van der Waals surface area contributed by atoms with Gasteiger partial charge in [0, 0.05) is 0 Å². The van der Waals surface area contributed by atoms with Crippen molar-refractivity contribution in [1.82, 2.24) is 19.9 Å². The van der Waals surface area contributed by atoms with Crippen molar-refractivity contribution < 1.29 is 18.7 Å². The number of hydrogen-bond donors (Lipinski definition) is 0. The molecule has 0 bridgehead atoms. The van der Waals surface area contributed by atoms with E-state index in [1.807, 2.05) is 30.3 Å². The Bertz CT molecular complexity index is 1030. The number of fused-ring (bicyclic) bond motifs is 1. The van der Waals surface area contributed by atoms with E-state index in [2.05, 4.69) is 22.2 Å². The number of benzene rings is 1. The quantitative estimate of drug-likeness (QED) is 0.599. The van der Waals surface area contributed by atoms with Gasteiger partial charge < -0.3 is 18.8 Å². The first-order chi connectivity index (χ1) is 14.2. The minimum absolute atomic E-state index is 0.222. The first-order valence-electron chi connectivity index (χ1n) is 9.23. The molecule has 1 atom stereocenters. The molecule has 0 N–H and O–H groups in total. The Labute approximate surface area is 168 Å². The van der Waals surface area contributed by atoms with Crippen molar-refractivity contribution >= 4 is 5.91 Å². The van der Waals surface area contributed by atoms with Crippen LogP contribution >= 0.6 is 0 Å². The van der Waals surface area contributed by atoms with Crippen molar-refractivity contribution in [3.63, 3.8) is 0 Å². The Morgan fingerprint density at radius 2 is 2.14 bits per heavy atom. The van der Waals surface area contributed by atoms with Gasteiger partial charge in [-0.25, -0.2) is 4.68 Å². The predicted molar refractivity (Wildman–Crippen MR) is 103 cm³/mol. The maximum absolute atomic E-state index is 12.9. The zero-order valence-corrected chi connectivity index (χ0v) is 15.9. The second-order valence-corrected chi connectivity index (χ2v) is 6.49.